The molecule has 0 bridgehead atoms. The van der Waals surface area contributed by atoms with Gasteiger partial charge >= 0.3 is 5.97 Å². The first-order chi connectivity index (χ1) is 12.0. The van der Waals surface area contributed by atoms with Gasteiger partial charge in [-0.2, -0.15) is 0 Å². The van der Waals surface area contributed by atoms with Crippen LogP contribution < -0.4 is 10.2 Å². The smallest absolute Gasteiger partial charge is 0.338 e. The van der Waals surface area contributed by atoms with Crippen LogP contribution in [-0.2, 0) is 16.0 Å². The minimum Gasteiger partial charge on any atom is -0.452 e. The van der Waals surface area contributed by atoms with Gasteiger partial charge in [-0.15, -0.1) is 0 Å². The first-order valence-corrected chi connectivity index (χ1v) is 8.29. The molecule has 0 unspecified atom stereocenters. The van der Waals surface area contributed by atoms with Crippen LogP contribution in [0.25, 0.3) is 0 Å². The third-order valence-electron chi connectivity index (χ3n) is 3.60. The molecule has 132 valence electrons. The van der Waals surface area contributed by atoms with Gasteiger partial charge in [-0.25, -0.2) is 4.79 Å². The Morgan fingerprint density at radius 3 is 2.28 bits per heavy atom. The Labute approximate surface area is 152 Å². The Balaban J connectivity index is 1.71. The summed E-state index contributed by atoms with van der Waals surface area (Å²) in [4.78, 5) is 25.6. The van der Waals surface area contributed by atoms with E-state index in [1.54, 1.807) is 12.1 Å². The molecule has 25 heavy (non-hydrogen) atoms. The Morgan fingerprint density at radius 1 is 1.04 bits per heavy atom. The van der Waals surface area contributed by atoms with Crippen LogP contribution in [0.15, 0.2) is 48.5 Å². The van der Waals surface area contributed by atoms with Crippen LogP contribution in [0.3, 0.4) is 0 Å². The third-order valence-corrected chi connectivity index (χ3v) is 3.85. The van der Waals surface area contributed by atoms with E-state index in [0.29, 0.717) is 23.6 Å². The summed E-state index contributed by atoms with van der Waals surface area (Å²) in [6.07, 6.45) is 0.683. The highest BCUT2D eigenvalue weighted by molar-refractivity contribution is 6.30. The molecule has 0 saturated carbocycles. The van der Waals surface area contributed by atoms with Gasteiger partial charge in [0.25, 0.3) is 5.91 Å². The second-order valence-electron chi connectivity index (χ2n) is 5.74. The van der Waals surface area contributed by atoms with Crippen LogP contribution in [0.5, 0.6) is 0 Å². The van der Waals surface area contributed by atoms with Crippen molar-refractivity contribution in [2.45, 2.75) is 6.42 Å². The van der Waals surface area contributed by atoms with Gasteiger partial charge in [0.15, 0.2) is 6.61 Å². The van der Waals surface area contributed by atoms with Gasteiger partial charge in [0.2, 0.25) is 0 Å². The molecule has 0 radical (unpaired) electrons. The maximum Gasteiger partial charge on any atom is 0.338 e. The summed E-state index contributed by atoms with van der Waals surface area (Å²) >= 11 is 5.82. The highest BCUT2D eigenvalue weighted by Crippen LogP contribution is 2.13. The van der Waals surface area contributed by atoms with E-state index in [0.717, 1.165) is 11.3 Å². The third kappa shape index (κ3) is 6.12. The zero-order chi connectivity index (χ0) is 18.2. The molecule has 0 atom stereocenters. The molecule has 6 heteroatoms. The standard InChI is InChI=1S/C19H21ClN2O3/c1-22(2)17-9-5-15(6-10-17)19(24)25-13-18(23)21-12-11-14-3-7-16(20)8-4-14/h3-10H,11-13H2,1-2H3,(H,21,23). The van der Waals surface area contributed by atoms with Crippen molar-refractivity contribution in [2.75, 3.05) is 32.1 Å². The van der Waals surface area contributed by atoms with E-state index >= 15 is 0 Å². The van der Waals surface area contributed by atoms with Crippen molar-refractivity contribution in [1.82, 2.24) is 5.32 Å². The van der Waals surface area contributed by atoms with Crippen LogP contribution >= 0.6 is 11.6 Å². The van der Waals surface area contributed by atoms with Crippen molar-refractivity contribution in [1.29, 1.82) is 0 Å². The molecule has 2 aromatic carbocycles. The fourth-order valence-electron chi connectivity index (χ4n) is 2.16. The molecule has 5 nitrogen and oxygen atoms in total. The van der Waals surface area contributed by atoms with E-state index in [-0.39, 0.29) is 12.5 Å². The summed E-state index contributed by atoms with van der Waals surface area (Å²) < 4.78 is 5.03. The predicted octanol–water partition coefficient (Wildman–Crippen LogP) is 2.92. The van der Waals surface area contributed by atoms with E-state index in [1.165, 1.54) is 0 Å². The lowest BCUT2D eigenvalue weighted by Gasteiger charge is -2.12. The van der Waals surface area contributed by atoms with Gasteiger partial charge < -0.3 is 15.0 Å². The lowest BCUT2D eigenvalue weighted by atomic mass is 10.1. The number of nitrogens with zero attached hydrogens (tertiary/aromatic N) is 1. The summed E-state index contributed by atoms with van der Waals surface area (Å²) in [5, 5.41) is 3.40. The molecule has 0 saturated heterocycles. The molecule has 0 spiro atoms. The number of esters is 1. The predicted molar refractivity (Wildman–Crippen MR) is 99.2 cm³/mol. The van der Waals surface area contributed by atoms with Gasteiger partial charge in [0.05, 0.1) is 5.56 Å². The number of carbonyl (C=O) groups excluding carboxylic acids is 2. The molecule has 0 heterocycles. The quantitative estimate of drug-likeness (QED) is 0.771. The lowest BCUT2D eigenvalue weighted by Crippen LogP contribution is -2.30. The summed E-state index contributed by atoms with van der Waals surface area (Å²) in [5.74, 6) is -0.842. The van der Waals surface area contributed by atoms with Crippen LogP contribution in [0.4, 0.5) is 5.69 Å². The average Bonchev–Trinajstić information content (AvgIpc) is 2.61. The SMILES string of the molecule is CN(C)c1ccc(C(=O)OCC(=O)NCCc2ccc(Cl)cc2)cc1. The van der Waals surface area contributed by atoms with Gasteiger partial charge in [-0.05, 0) is 48.4 Å². The number of anilines is 1. The number of benzene rings is 2. The minimum atomic E-state index is -0.516. The number of carbonyl (C=O) groups is 2. The number of nitrogens with one attached hydrogen (secondary N) is 1. The van der Waals surface area contributed by atoms with Gasteiger partial charge in [0, 0.05) is 31.4 Å². The van der Waals surface area contributed by atoms with Crippen LogP contribution in [0.2, 0.25) is 5.02 Å². The van der Waals surface area contributed by atoms with Crippen LogP contribution in [0.1, 0.15) is 15.9 Å². The number of rotatable bonds is 7. The first-order valence-electron chi connectivity index (χ1n) is 7.91. The Kier molecular flexibility index (Phi) is 6.83. The van der Waals surface area contributed by atoms with E-state index in [1.807, 2.05) is 55.4 Å². The number of amides is 1. The molecule has 0 aliphatic heterocycles. The summed E-state index contributed by atoms with van der Waals surface area (Å²) in [6, 6.07) is 14.4. The summed E-state index contributed by atoms with van der Waals surface area (Å²) in [7, 11) is 3.84. The lowest BCUT2D eigenvalue weighted by molar-refractivity contribution is -0.124. The number of hydrogen-bond acceptors (Lipinski definition) is 4. The zero-order valence-corrected chi connectivity index (χ0v) is 15.0. The van der Waals surface area contributed by atoms with E-state index in [2.05, 4.69) is 5.32 Å². The molecule has 0 aliphatic carbocycles. The molecule has 1 amide bonds. The van der Waals surface area contributed by atoms with Gasteiger partial charge in [-0.3, -0.25) is 4.79 Å². The highest BCUT2D eigenvalue weighted by Gasteiger charge is 2.10. The van der Waals surface area contributed by atoms with Crippen molar-refractivity contribution in [2.24, 2.45) is 0 Å². The Hall–Kier alpha value is -2.53. The van der Waals surface area contributed by atoms with E-state index in [9.17, 15) is 9.59 Å². The van der Waals surface area contributed by atoms with Gasteiger partial charge in [0.1, 0.15) is 0 Å². The molecule has 2 rings (SSSR count). The monoisotopic (exact) mass is 360 g/mol. The second-order valence-corrected chi connectivity index (χ2v) is 6.18. The molecular formula is C19H21ClN2O3. The van der Waals surface area contributed by atoms with Crippen LogP contribution in [-0.4, -0.2) is 39.1 Å². The molecule has 0 aromatic heterocycles. The van der Waals surface area contributed by atoms with E-state index in [4.69, 9.17) is 16.3 Å². The maximum absolute atomic E-state index is 11.9. The molecule has 2 aromatic rings. The fraction of sp³-hybridized carbons (Fsp3) is 0.263. The normalized spacial score (nSPS) is 10.2. The van der Waals surface area contributed by atoms with Crippen molar-refractivity contribution in [3.8, 4) is 0 Å². The number of ether oxygens (including phenoxy) is 1. The van der Waals surface area contributed by atoms with E-state index < -0.39 is 5.97 Å². The van der Waals surface area contributed by atoms with Crippen LogP contribution in [0, 0.1) is 0 Å². The summed E-state index contributed by atoms with van der Waals surface area (Å²) in [6.45, 7) is 0.171. The Bertz CT molecular complexity index is 712. The first kappa shape index (κ1) is 18.8. The average molecular weight is 361 g/mol. The fourth-order valence-corrected chi connectivity index (χ4v) is 2.28. The Morgan fingerprint density at radius 2 is 1.68 bits per heavy atom. The van der Waals surface area contributed by atoms with Crippen molar-refractivity contribution in [3.63, 3.8) is 0 Å². The summed E-state index contributed by atoms with van der Waals surface area (Å²) in [5.41, 5.74) is 2.47. The topological polar surface area (TPSA) is 58.6 Å². The van der Waals surface area contributed by atoms with Gasteiger partial charge in [-0.1, -0.05) is 23.7 Å². The number of hydrogen-bond donors (Lipinski definition) is 1. The molecular weight excluding hydrogens is 340 g/mol. The van der Waals surface area contributed by atoms with Crippen molar-refractivity contribution in [3.05, 3.63) is 64.7 Å². The largest absolute Gasteiger partial charge is 0.452 e. The number of halogens is 1. The minimum absolute atomic E-state index is 0.297. The molecule has 1 N–H and O–H groups in total. The molecule has 0 fully saturated rings. The van der Waals surface area contributed by atoms with Crippen molar-refractivity contribution >= 4 is 29.2 Å². The highest BCUT2D eigenvalue weighted by atomic mass is 35.5. The molecule has 0 aliphatic rings. The van der Waals surface area contributed by atoms with Crippen molar-refractivity contribution < 1.29 is 14.3 Å². The second kappa shape index (κ2) is 9.08. The maximum atomic E-state index is 11.9. The zero-order valence-electron chi connectivity index (χ0n) is 14.3.